The number of para-hydroxylation sites is 1. The smallest absolute Gasteiger partial charge is 0.214 e. The van der Waals surface area contributed by atoms with Gasteiger partial charge in [0.15, 0.2) is 0 Å². The summed E-state index contributed by atoms with van der Waals surface area (Å²) < 4.78 is 0. The molecule has 0 radical (unpaired) electrons. The van der Waals surface area contributed by atoms with E-state index in [-0.39, 0.29) is 11.5 Å². The van der Waals surface area contributed by atoms with E-state index in [1.165, 1.54) is 0 Å². The number of Topliss-reactive ketones (excluding diaryl/α,β-unsaturated/α-hetero) is 1. The molecule has 2 aromatic carbocycles. The number of nitrogens with zero attached hydrogens (tertiary/aromatic N) is 2. The second-order valence-corrected chi connectivity index (χ2v) is 4.52. The molecular formula is C17H11N3O. The van der Waals surface area contributed by atoms with Crippen molar-refractivity contribution in [1.82, 2.24) is 0 Å². The molecule has 0 saturated carbocycles. The van der Waals surface area contributed by atoms with Crippen LogP contribution in [0.1, 0.15) is 21.5 Å². The van der Waals surface area contributed by atoms with E-state index in [1.807, 2.05) is 36.4 Å². The number of benzene rings is 2. The lowest BCUT2D eigenvalue weighted by Gasteiger charge is -2.03. The molecule has 0 bridgehead atoms. The largest absolute Gasteiger partial charge is 0.287 e. The molecule has 0 amide bonds. The zero-order valence-electron chi connectivity index (χ0n) is 11.1. The highest BCUT2D eigenvalue weighted by molar-refractivity contribution is 6.50. The molecule has 0 aromatic heterocycles. The fourth-order valence-corrected chi connectivity index (χ4v) is 2.11. The van der Waals surface area contributed by atoms with E-state index < -0.39 is 0 Å². The number of fused-ring (bicyclic) bond motifs is 1. The zero-order chi connectivity index (χ0) is 14.7. The van der Waals surface area contributed by atoms with Gasteiger partial charge in [-0.3, -0.25) is 10.2 Å². The van der Waals surface area contributed by atoms with Crippen LogP contribution in [0.4, 0.5) is 5.69 Å². The third-order valence-corrected chi connectivity index (χ3v) is 3.20. The number of hydrogen-bond donors (Lipinski definition) is 1. The summed E-state index contributed by atoms with van der Waals surface area (Å²) in [6.07, 6.45) is 3.50. The summed E-state index contributed by atoms with van der Waals surface area (Å²) >= 11 is 0. The van der Waals surface area contributed by atoms with Crippen LogP contribution in [0.5, 0.6) is 0 Å². The quantitative estimate of drug-likeness (QED) is 0.854. The minimum atomic E-state index is -0.274. The summed E-state index contributed by atoms with van der Waals surface area (Å²) in [5.74, 6) is -0.274. The first-order chi connectivity index (χ1) is 10.3. The highest BCUT2D eigenvalue weighted by Crippen LogP contribution is 2.20. The highest BCUT2D eigenvalue weighted by Gasteiger charge is 2.17. The maximum atomic E-state index is 12.5. The van der Waals surface area contributed by atoms with Crippen molar-refractivity contribution in [3.05, 3.63) is 71.3 Å². The first kappa shape index (κ1) is 12.8. The van der Waals surface area contributed by atoms with Crippen molar-refractivity contribution < 1.29 is 4.79 Å². The van der Waals surface area contributed by atoms with E-state index in [0.29, 0.717) is 11.1 Å². The number of hydrazone groups is 1. The van der Waals surface area contributed by atoms with E-state index in [0.717, 1.165) is 11.3 Å². The van der Waals surface area contributed by atoms with Crippen LogP contribution in [0.2, 0.25) is 0 Å². The standard InChI is InChI=1S/C17H11N3O/c18-11-13-6-1-3-7-14(13)17(21)16-10-9-12-5-2-4-8-15(12)19-20-16/h1-10,19H. The molecule has 2 aromatic rings. The molecule has 1 aliphatic heterocycles. The Morgan fingerprint density at radius 3 is 2.67 bits per heavy atom. The van der Waals surface area contributed by atoms with Gasteiger partial charge in [0.2, 0.25) is 5.78 Å². The van der Waals surface area contributed by atoms with E-state index in [4.69, 9.17) is 5.26 Å². The molecule has 0 unspecified atom stereocenters. The van der Waals surface area contributed by atoms with Gasteiger partial charge in [-0.2, -0.15) is 10.4 Å². The third-order valence-electron chi connectivity index (χ3n) is 3.20. The first-order valence-corrected chi connectivity index (χ1v) is 6.44. The first-order valence-electron chi connectivity index (χ1n) is 6.44. The molecule has 21 heavy (non-hydrogen) atoms. The molecule has 0 aliphatic carbocycles. The summed E-state index contributed by atoms with van der Waals surface area (Å²) in [4.78, 5) is 12.5. The Morgan fingerprint density at radius 2 is 1.81 bits per heavy atom. The average Bonchev–Trinajstić information content (AvgIpc) is 2.77. The molecule has 0 atom stereocenters. The van der Waals surface area contributed by atoms with Crippen LogP contribution >= 0.6 is 0 Å². The minimum Gasteiger partial charge on any atom is -0.287 e. The van der Waals surface area contributed by atoms with Crippen molar-refractivity contribution in [1.29, 1.82) is 5.26 Å². The summed E-state index contributed by atoms with van der Waals surface area (Å²) in [6.45, 7) is 0. The summed E-state index contributed by atoms with van der Waals surface area (Å²) in [5, 5.41) is 13.2. The summed E-state index contributed by atoms with van der Waals surface area (Å²) in [5.41, 5.74) is 5.66. The Balaban J connectivity index is 1.97. The maximum absolute atomic E-state index is 12.5. The maximum Gasteiger partial charge on any atom is 0.214 e. The third kappa shape index (κ3) is 2.45. The number of nitrogens with one attached hydrogen (secondary N) is 1. The van der Waals surface area contributed by atoms with Gasteiger partial charge >= 0.3 is 0 Å². The van der Waals surface area contributed by atoms with Gasteiger partial charge < -0.3 is 0 Å². The Morgan fingerprint density at radius 1 is 1.05 bits per heavy atom. The van der Waals surface area contributed by atoms with Crippen molar-refractivity contribution in [2.24, 2.45) is 5.10 Å². The van der Waals surface area contributed by atoms with Crippen LogP contribution in [0, 0.1) is 11.3 Å². The number of allylic oxidation sites excluding steroid dienone is 1. The predicted octanol–water partition coefficient (Wildman–Crippen LogP) is 3.24. The van der Waals surface area contributed by atoms with Crippen LogP contribution in [-0.4, -0.2) is 11.5 Å². The molecule has 0 fully saturated rings. The fraction of sp³-hybridized carbons (Fsp3) is 0. The Hall–Kier alpha value is -3.19. The van der Waals surface area contributed by atoms with Gasteiger partial charge in [-0.25, -0.2) is 0 Å². The van der Waals surface area contributed by atoms with E-state index in [1.54, 1.807) is 30.3 Å². The Labute approximate surface area is 122 Å². The van der Waals surface area contributed by atoms with Gasteiger partial charge in [-0.15, -0.1) is 0 Å². The number of carbonyl (C=O) groups excluding carboxylic acids is 1. The van der Waals surface area contributed by atoms with Crippen molar-refractivity contribution in [2.75, 3.05) is 5.43 Å². The fourth-order valence-electron chi connectivity index (χ4n) is 2.11. The van der Waals surface area contributed by atoms with Crippen LogP contribution in [0.25, 0.3) is 6.08 Å². The molecule has 0 saturated heterocycles. The van der Waals surface area contributed by atoms with E-state index >= 15 is 0 Å². The average molecular weight is 273 g/mol. The van der Waals surface area contributed by atoms with Gasteiger partial charge in [0.1, 0.15) is 5.71 Å². The van der Waals surface area contributed by atoms with Crippen molar-refractivity contribution >= 4 is 23.3 Å². The normalized spacial score (nSPS) is 12.4. The SMILES string of the molecule is N#Cc1ccccc1C(=O)C1=NNc2ccccc2C=C1. The monoisotopic (exact) mass is 273 g/mol. The minimum absolute atomic E-state index is 0.272. The number of anilines is 1. The van der Waals surface area contributed by atoms with Gasteiger partial charge in [0.25, 0.3) is 0 Å². The van der Waals surface area contributed by atoms with Crippen LogP contribution in [0.3, 0.4) is 0 Å². The number of hydrogen-bond acceptors (Lipinski definition) is 4. The molecule has 3 rings (SSSR count). The van der Waals surface area contributed by atoms with E-state index in [2.05, 4.69) is 10.5 Å². The second-order valence-electron chi connectivity index (χ2n) is 4.52. The van der Waals surface area contributed by atoms with Crippen LogP contribution < -0.4 is 5.43 Å². The molecule has 4 nitrogen and oxygen atoms in total. The molecule has 4 heteroatoms. The zero-order valence-corrected chi connectivity index (χ0v) is 11.1. The topological polar surface area (TPSA) is 65.2 Å². The van der Waals surface area contributed by atoms with Gasteiger partial charge in [0.05, 0.1) is 17.3 Å². The predicted molar refractivity (Wildman–Crippen MR) is 82.0 cm³/mol. The Bertz CT molecular complexity index is 813. The van der Waals surface area contributed by atoms with Gasteiger partial charge in [-0.1, -0.05) is 36.4 Å². The van der Waals surface area contributed by atoms with Crippen LogP contribution in [-0.2, 0) is 0 Å². The summed E-state index contributed by atoms with van der Waals surface area (Å²) in [6, 6.07) is 16.4. The Kier molecular flexibility index (Phi) is 3.32. The molecule has 1 aliphatic rings. The molecule has 100 valence electrons. The number of rotatable bonds is 2. The van der Waals surface area contributed by atoms with Crippen molar-refractivity contribution in [2.45, 2.75) is 0 Å². The molecule has 1 N–H and O–H groups in total. The van der Waals surface area contributed by atoms with Gasteiger partial charge in [-0.05, 0) is 29.8 Å². The number of carbonyl (C=O) groups is 1. The summed E-state index contributed by atoms with van der Waals surface area (Å²) in [7, 11) is 0. The number of ketones is 1. The second kappa shape index (κ2) is 5.43. The van der Waals surface area contributed by atoms with E-state index in [9.17, 15) is 4.79 Å². The van der Waals surface area contributed by atoms with Crippen LogP contribution in [0.15, 0.2) is 59.7 Å². The van der Waals surface area contributed by atoms with Gasteiger partial charge in [0, 0.05) is 5.56 Å². The lowest BCUT2D eigenvalue weighted by molar-refractivity contribution is 0.106. The van der Waals surface area contributed by atoms with Crippen molar-refractivity contribution in [3.63, 3.8) is 0 Å². The molecule has 0 spiro atoms. The lowest BCUT2D eigenvalue weighted by atomic mass is 10.0. The molecular weight excluding hydrogens is 262 g/mol. The highest BCUT2D eigenvalue weighted by atomic mass is 16.1. The lowest BCUT2D eigenvalue weighted by Crippen LogP contribution is -2.14. The number of nitriles is 1. The van der Waals surface area contributed by atoms with Crippen molar-refractivity contribution in [3.8, 4) is 6.07 Å². The molecule has 1 heterocycles.